The van der Waals surface area contributed by atoms with Gasteiger partial charge in [0.2, 0.25) is 5.91 Å². The molecule has 1 aromatic carbocycles. The summed E-state index contributed by atoms with van der Waals surface area (Å²) in [6, 6.07) is 8.47. The highest BCUT2D eigenvalue weighted by Gasteiger charge is 2.13. The third kappa shape index (κ3) is 6.29. The zero-order chi connectivity index (χ0) is 22.2. The van der Waals surface area contributed by atoms with Crippen LogP contribution in [0.1, 0.15) is 11.1 Å². The van der Waals surface area contributed by atoms with Crippen LogP contribution in [0.4, 0.5) is 17.6 Å². The third-order valence-corrected chi connectivity index (χ3v) is 3.88. The van der Waals surface area contributed by atoms with Crippen LogP contribution in [0.5, 0.6) is 11.5 Å². The summed E-state index contributed by atoms with van der Waals surface area (Å²) in [6.45, 7) is -6.17. The minimum Gasteiger partial charge on any atom is -0.435 e. The fraction of sp³-hybridized carbons (Fsp3) is 0.150. The quantitative estimate of drug-likeness (QED) is 0.408. The van der Waals surface area contributed by atoms with Gasteiger partial charge in [0.05, 0.1) is 0 Å². The molecule has 0 aliphatic heterocycles. The maximum Gasteiger partial charge on any atom is 0.387 e. The average Bonchev–Trinajstić information content (AvgIpc) is 3.26. The van der Waals surface area contributed by atoms with Crippen LogP contribution in [-0.4, -0.2) is 33.9 Å². The Bertz CT molecular complexity index is 1040. The van der Waals surface area contributed by atoms with Crippen molar-refractivity contribution in [2.75, 3.05) is 0 Å². The van der Waals surface area contributed by atoms with Crippen molar-refractivity contribution in [2.45, 2.75) is 19.8 Å². The van der Waals surface area contributed by atoms with Crippen molar-refractivity contribution in [1.82, 2.24) is 20.1 Å². The Hall–Kier alpha value is -3.89. The van der Waals surface area contributed by atoms with Gasteiger partial charge in [-0.15, -0.1) is 0 Å². The van der Waals surface area contributed by atoms with Crippen LogP contribution in [0.25, 0.3) is 11.9 Å². The van der Waals surface area contributed by atoms with E-state index in [0.29, 0.717) is 11.4 Å². The fourth-order valence-electron chi connectivity index (χ4n) is 2.60. The van der Waals surface area contributed by atoms with Crippen LogP contribution >= 0.6 is 0 Å². The van der Waals surface area contributed by atoms with Gasteiger partial charge >= 0.3 is 13.2 Å². The molecule has 11 heteroatoms. The molecule has 31 heavy (non-hydrogen) atoms. The van der Waals surface area contributed by atoms with Gasteiger partial charge in [-0.1, -0.05) is 6.07 Å². The predicted octanol–water partition coefficient (Wildman–Crippen LogP) is 3.80. The normalized spacial score (nSPS) is 11.3. The van der Waals surface area contributed by atoms with Gasteiger partial charge in [-0.25, -0.2) is 9.67 Å². The first-order valence-corrected chi connectivity index (χ1v) is 8.86. The van der Waals surface area contributed by atoms with E-state index >= 15 is 0 Å². The number of nitrogens with zero attached hydrogens (tertiary/aromatic N) is 3. The molecule has 0 radical (unpaired) electrons. The lowest BCUT2D eigenvalue weighted by Crippen LogP contribution is -2.21. The Morgan fingerprint density at radius 2 is 1.90 bits per heavy atom. The number of nitrogens with one attached hydrogen (secondary N) is 1. The molecule has 162 valence electrons. The molecule has 2 heterocycles. The van der Waals surface area contributed by atoms with Gasteiger partial charge < -0.3 is 14.8 Å². The first-order valence-electron chi connectivity index (χ1n) is 8.86. The van der Waals surface area contributed by atoms with Gasteiger partial charge in [-0.05, 0) is 30.3 Å². The average molecular weight is 436 g/mol. The van der Waals surface area contributed by atoms with Gasteiger partial charge in [-0.3, -0.25) is 4.79 Å². The predicted molar refractivity (Wildman–Crippen MR) is 102 cm³/mol. The number of benzene rings is 1. The van der Waals surface area contributed by atoms with Gasteiger partial charge in [0.25, 0.3) is 0 Å². The molecule has 0 atom stereocenters. The molecule has 1 N–H and O–H groups in total. The SMILES string of the molecule is O=C(/C=C/c1ccc(OC(F)F)cc1OC(F)F)NCc1cccnc1-n1cccn1. The second kappa shape index (κ2) is 10.2. The lowest BCUT2D eigenvalue weighted by Gasteiger charge is -2.11. The van der Waals surface area contributed by atoms with Gasteiger partial charge in [0, 0.05) is 48.4 Å². The zero-order valence-electron chi connectivity index (χ0n) is 15.8. The summed E-state index contributed by atoms with van der Waals surface area (Å²) >= 11 is 0. The molecule has 0 unspecified atom stereocenters. The number of alkyl halides is 4. The van der Waals surface area contributed by atoms with Crippen molar-refractivity contribution in [3.05, 3.63) is 72.2 Å². The number of pyridine rings is 1. The van der Waals surface area contributed by atoms with E-state index in [1.165, 1.54) is 12.1 Å². The van der Waals surface area contributed by atoms with Crippen LogP contribution < -0.4 is 14.8 Å². The van der Waals surface area contributed by atoms with Crippen LogP contribution in [-0.2, 0) is 11.3 Å². The minimum atomic E-state index is -3.19. The first-order chi connectivity index (χ1) is 14.9. The van der Waals surface area contributed by atoms with Crippen LogP contribution in [0.3, 0.4) is 0 Å². The van der Waals surface area contributed by atoms with Gasteiger partial charge in [-0.2, -0.15) is 22.7 Å². The van der Waals surface area contributed by atoms with Crippen molar-refractivity contribution < 1.29 is 31.8 Å². The molecular weight excluding hydrogens is 420 g/mol. The van der Waals surface area contributed by atoms with Crippen molar-refractivity contribution in [3.8, 4) is 17.3 Å². The second-order valence-corrected chi connectivity index (χ2v) is 5.94. The van der Waals surface area contributed by atoms with E-state index < -0.39 is 24.9 Å². The van der Waals surface area contributed by atoms with Crippen molar-refractivity contribution in [2.24, 2.45) is 0 Å². The molecule has 0 aliphatic carbocycles. The molecule has 7 nitrogen and oxygen atoms in total. The van der Waals surface area contributed by atoms with Crippen LogP contribution in [0.2, 0.25) is 0 Å². The van der Waals surface area contributed by atoms with Crippen LogP contribution in [0, 0.1) is 0 Å². The Morgan fingerprint density at radius 3 is 2.61 bits per heavy atom. The number of hydrogen-bond acceptors (Lipinski definition) is 5. The number of ether oxygens (including phenoxy) is 2. The monoisotopic (exact) mass is 436 g/mol. The highest BCUT2D eigenvalue weighted by molar-refractivity contribution is 5.92. The van der Waals surface area contributed by atoms with Crippen molar-refractivity contribution in [3.63, 3.8) is 0 Å². The Kier molecular flexibility index (Phi) is 7.20. The highest BCUT2D eigenvalue weighted by Crippen LogP contribution is 2.28. The van der Waals surface area contributed by atoms with E-state index in [1.54, 1.807) is 41.5 Å². The molecule has 0 aliphatic rings. The topological polar surface area (TPSA) is 78.3 Å². The summed E-state index contributed by atoms with van der Waals surface area (Å²) in [5, 5.41) is 6.75. The maximum atomic E-state index is 12.6. The van der Waals surface area contributed by atoms with Crippen molar-refractivity contribution in [1.29, 1.82) is 0 Å². The first kappa shape index (κ1) is 21.8. The number of rotatable bonds is 9. The largest absolute Gasteiger partial charge is 0.435 e. The molecule has 3 rings (SSSR count). The lowest BCUT2D eigenvalue weighted by molar-refractivity contribution is -0.116. The number of hydrogen-bond donors (Lipinski definition) is 1. The molecule has 0 fully saturated rings. The zero-order valence-corrected chi connectivity index (χ0v) is 15.8. The van der Waals surface area contributed by atoms with E-state index in [1.807, 2.05) is 0 Å². The molecule has 1 amide bonds. The Balaban J connectivity index is 1.69. The summed E-state index contributed by atoms with van der Waals surface area (Å²) in [6.07, 6.45) is 7.21. The molecular formula is C20H16F4N4O3. The molecule has 3 aromatic rings. The molecule has 0 saturated heterocycles. The molecule has 0 bridgehead atoms. The number of carbonyl (C=O) groups excluding carboxylic acids is 1. The number of amides is 1. The van der Waals surface area contributed by atoms with E-state index in [-0.39, 0.29) is 17.9 Å². The summed E-state index contributed by atoms with van der Waals surface area (Å²) in [7, 11) is 0. The van der Waals surface area contributed by atoms with E-state index in [0.717, 1.165) is 18.2 Å². The Labute approximate surface area is 173 Å². The summed E-state index contributed by atoms with van der Waals surface area (Å²) in [5.41, 5.74) is 0.777. The summed E-state index contributed by atoms with van der Waals surface area (Å²) in [4.78, 5) is 16.4. The summed E-state index contributed by atoms with van der Waals surface area (Å²) in [5.74, 6) is -0.745. The molecule has 0 spiro atoms. The Morgan fingerprint density at radius 1 is 1.10 bits per heavy atom. The number of halogens is 4. The van der Waals surface area contributed by atoms with E-state index in [4.69, 9.17) is 0 Å². The lowest BCUT2D eigenvalue weighted by atomic mass is 10.1. The third-order valence-electron chi connectivity index (χ3n) is 3.88. The molecule has 2 aromatic heterocycles. The van der Waals surface area contributed by atoms with Crippen LogP contribution in [0.15, 0.2) is 61.1 Å². The number of carbonyl (C=O) groups is 1. The van der Waals surface area contributed by atoms with Gasteiger partial charge in [0.1, 0.15) is 11.5 Å². The maximum absolute atomic E-state index is 12.6. The standard InChI is InChI=1S/C20H16F4N4O3/c21-19(22)30-15-6-4-13(16(11-15)31-20(23)24)5-7-17(29)26-12-14-3-1-8-25-18(14)28-10-2-9-27-28/h1-11,19-20H,12H2,(H,26,29)/b7-5+. The smallest absolute Gasteiger partial charge is 0.387 e. The fourth-order valence-corrected chi connectivity index (χ4v) is 2.60. The number of aromatic nitrogens is 3. The highest BCUT2D eigenvalue weighted by atomic mass is 19.3. The second-order valence-electron chi connectivity index (χ2n) is 5.94. The van der Waals surface area contributed by atoms with Gasteiger partial charge in [0.15, 0.2) is 5.82 Å². The summed E-state index contributed by atoms with van der Waals surface area (Å²) < 4.78 is 60.0. The molecule has 0 saturated carbocycles. The van der Waals surface area contributed by atoms with Crippen molar-refractivity contribution >= 4 is 12.0 Å². The van der Waals surface area contributed by atoms with E-state index in [2.05, 4.69) is 24.9 Å². The minimum absolute atomic E-state index is 0.0793. The van der Waals surface area contributed by atoms with E-state index in [9.17, 15) is 22.4 Å².